The number of carbonyl (C=O) groups excluding carboxylic acids is 1. The molecule has 2 aromatic carbocycles. The molecule has 0 radical (unpaired) electrons. The first-order valence-corrected chi connectivity index (χ1v) is 9.35. The Bertz CT molecular complexity index is 1030. The highest BCUT2D eigenvalue weighted by atomic mass is 79.9. The first-order valence-electron chi connectivity index (χ1n) is 8.56. The first-order chi connectivity index (χ1) is 13.6. The van der Waals surface area contributed by atoms with Crippen molar-refractivity contribution in [3.63, 3.8) is 0 Å². The molecule has 0 aliphatic carbocycles. The minimum absolute atomic E-state index is 0.0227. The van der Waals surface area contributed by atoms with Crippen LogP contribution in [0.1, 0.15) is 25.0 Å². The van der Waals surface area contributed by atoms with E-state index >= 15 is 0 Å². The standard InChI is InChI=1S/C20H16BrF3N2O3/c1-3-29-17-9-12(8-16(21)18(17)27)7-15-11(2)25-26(19(15)28)14-6-4-5-13(10-14)20(22,23)24/h4-10,27H,3H2,1-2H3/b15-7-. The van der Waals surface area contributed by atoms with Gasteiger partial charge in [-0.25, -0.2) is 0 Å². The molecule has 1 amide bonds. The van der Waals surface area contributed by atoms with E-state index in [1.807, 2.05) is 0 Å². The molecule has 1 N–H and O–H groups in total. The number of benzene rings is 2. The lowest BCUT2D eigenvalue weighted by Crippen LogP contribution is -2.21. The predicted octanol–water partition coefficient (Wildman–Crippen LogP) is 5.38. The van der Waals surface area contributed by atoms with E-state index in [9.17, 15) is 23.1 Å². The van der Waals surface area contributed by atoms with Crippen LogP contribution in [0.4, 0.5) is 18.9 Å². The maximum atomic E-state index is 13.0. The molecule has 1 aliphatic heterocycles. The number of ether oxygens (including phenoxy) is 1. The van der Waals surface area contributed by atoms with Gasteiger partial charge in [-0.15, -0.1) is 0 Å². The van der Waals surface area contributed by atoms with Crippen LogP contribution in [0.25, 0.3) is 6.08 Å². The van der Waals surface area contributed by atoms with Crippen LogP contribution in [-0.4, -0.2) is 23.3 Å². The molecule has 29 heavy (non-hydrogen) atoms. The van der Waals surface area contributed by atoms with Crippen LogP contribution in [0.3, 0.4) is 0 Å². The van der Waals surface area contributed by atoms with Gasteiger partial charge in [0, 0.05) is 0 Å². The van der Waals surface area contributed by atoms with E-state index < -0.39 is 17.6 Å². The van der Waals surface area contributed by atoms with Crippen molar-refractivity contribution in [2.75, 3.05) is 11.6 Å². The van der Waals surface area contributed by atoms with Crippen molar-refractivity contribution < 1.29 is 27.8 Å². The van der Waals surface area contributed by atoms with Crippen LogP contribution >= 0.6 is 15.9 Å². The minimum Gasteiger partial charge on any atom is -0.503 e. The number of alkyl halides is 3. The van der Waals surface area contributed by atoms with E-state index in [2.05, 4.69) is 21.0 Å². The second-order valence-corrected chi connectivity index (χ2v) is 7.05. The molecular weight excluding hydrogens is 453 g/mol. The van der Waals surface area contributed by atoms with Gasteiger partial charge in [-0.3, -0.25) is 4.79 Å². The van der Waals surface area contributed by atoms with E-state index in [1.54, 1.807) is 32.1 Å². The number of hydrazone groups is 1. The van der Waals surface area contributed by atoms with E-state index in [0.717, 1.165) is 17.1 Å². The van der Waals surface area contributed by atoms with Gasteiger partial charge in [-0.1, -0.05) is 6.07 Å². The molecule has 0 aromatic heterocycles. The lowest BCUT2D eigenvalue weighted by Gasteiger charge is -2.14. The van der Waals surface area contributed by atoms with Crippen molar-refractivity contribution in [2.24, 2.45) is 5.10 Å². The number of rotatable bonds is 4. The van der Waals surface area contributed by atoms with Gasteiger partial charge < -0.3 is 9.84 Å². The average Bonchev–Trinajstić information content (AvgIpc) is 2.93. The average molecular weight is 469 g/mol. The largest absolute Gasteiger partial charge is 0.503 e. The number of nitrogens with zero attached hydrogens (tertiary/aromatic N) is 2. The van der Waals surface area contributed by atoms with Crippen molar-refractivity contribution in [3.8, 4) is 11.5 Å². The smallest absolute Gasteiger partial charge is 0.416 e. The van der Waals surface area contributed by atoms with Crippen molar-refractivity contribution in [1.29, 1.82) is 0 Å². The Morgan fingerprint density at radius 1 is 1.28 bits per heavy atom. The molecule has 0 fully saturated rings. The highest BCUT2D eigenvalue weighted by Crippen LogP contribution is 2.37. The fourth-order valence-electron chi connectivity index (χ4n) is 2.78. The summed E-state index contributed by atoms with van der Waals surface area (Å²) >= 11 is 3.23. The van der Waals surface area contributed by atoms with Gasteiger partial charge in [0.15, 0.2) is 11.5 Å². The lowest BCUT2D eigenvalue weighted by molar-refractivity contribution is -0.137. The molecule has 2 aromatic rings. The van der Waals surface area contributed by atoms with Gasteiger partial charge in [0.05, 0.1) is 33.6 Å². The molecule has 9 heteroatoms. The third kappa shape index (κ3) is 4.29. The summed E-state index contributed by atoms with van der Waals surface area (Å²) in [6.07, 6.45) is -2.98. The number of halogens is 4. The first kappa shape index (κ1) is 20.9. The molecule has 0 atom stereocenters. The Hall–Kier alpha value is -2.81. The summed E-state index contributed by atoms with van der Waals surface area (Å²) in [5.74, 6) is -0.379. The summed E-state index contributed by atoms with van der Waals surface area (Å²) in [5.41, 5.74) is 0.297. The van der Waals surface area contributed by atoms with Crippen LogP contribution in [0.2, 0.25) is 0 Å². The number of hydrogen-bond acceptors (Lipinski definition) is 4. The van der Waals surface area contributed by atoms with Gasteiger partial charge >= 0.3 is 6.18 Å². The van der Waals surface area contributed by atoms with Crippen molar-refractivity contribution in [2.45, 2.75) is 20.0 Å². The highest BCUT2D eigenvalue weighted by Gasteiger charge is 2.33. The highest BCUT2D eigenvalue weighted by molar-refractivity contribution is 9.10. The number of amides is 1. The Kier molecular flexibility index (Phi) is 5.70. The molecular formula is C20H16BrF3N2O3. The van der Waals surface area contributed by atoms with Crippen molar-refractivity contribution in [3.05, 3.63) is 57.6 Å². The number of phenols is 1. The fraction of sp³-hybridized carbons (Fsp3) is 0.200. The predicted molar refractivity (Wildman–Crippen MR) is 107 cm³/mol. The SMILES string of the molecule is CCOc1cc(/C=C2\C(=O)N(c3cccc(C(F)(F)F)c3)N=C2C)cc(Br)c1O. The third-order valence-corrected chi connectivity index (χ3v) is 4.75. The fourth-order valence-corrected chi connectivity index (χ4v) is 3.24. The number of aromatic hydroxyl groups is 1. The summed E-state index contributed by atoms with van der Waals surface area (Å²) in [5, 5.41) is 15.1. The third-order valence-electron chi connectivity index (χ3n) is 4.14. The van der Waals surface area contributed by atoms with Gasteiger partial charge in [0.2, 0.25) is 0 Å². The Morgan fingerprint density at radius 2 is 2.00 bits per heavy atom. The van der Waals surface area contributed by atoms with E-state index in [1.165, 1.54) is 12.1 Å². The minimum atomic E-state index is -4.52. The molecule has 0 saturated carbocycles. The molecule has 3 rings (SSSR count). The van der Waals surface area contributed by atoms with Gasteiger partial charge in [0.1, 0.15) is 0 Å². The Labute approximate surface area is 173 Å². The van der Waals surface area contributed by atoms with Crippen molar-refractivity contribution in [1.82, 2.24) is 0 Å². The number of phenolic OH excluding ortho intramolecular Hbond substituents is 1. The van der Waals surface area contributed by atoms with Crippen LogP contribution in [0.5, 0.6) is 11.5 Å². The molecule has 5 nitrogen and oxygen atoms in total. The van der Waals surface area contributed by atoms with Gasteiger partial charge in [0.25, 0.3) is 5.91 Å². The van der Waals surface area contributed by atoms with Gasteiger partial charge in [-0.2, -0.15) is 23.3 Å². The topological polar surface area (TPSA) is 62.1 Å². The van der Waals surface area contributed by atoms with Crippen LogP contribution in [0.15, 0.2) is 51.5 Å². The number of carbonyl (C=O) groups is 1. The molecule has 0 bridgehead atoms. The second kappa shape index (κ2) is 7.90. The Balaban J connectivity index is 1.97. The van der Waals surface area contributed by atoms with E-state index in [-0.39, 0.29) is 22.8 Å². The maximum Gasteiger partial charge on any atom is 0.416 e. The zero-order valence-electron chi connectivity index (χ0n) is 15.4. The normalized spacial score (nSPS) is 15.8. The molecule has 152 valence electrons. The maximum absolute atomic E-state index is 13.0. The zero-order valence-corrected chi connectivity index (χ0v) is 17.0. The van der Waals surface area contributed by atoms with E-state index in [0.29, 0.717) is 22.4 Å². The monoisotopic (exact) mass is 468 g/mol. The summed E-state index contributed by atoms with van der Waals surface area (Å²) < 4.78 is 44.7. The number of hydrogen-bond donors (Lipinski definition) is 1. The summed E-state index contributed by atoms with van der Waals surface area (Å²) in [7, 11) is 0. The molecule has 1 aliphatic rings. The van der Waals surface area contributed by atoms with Crippen LogP contribution in [-0.2, 0) is 11.0 Å². The lowest BCUT2D eigenvalue weighted by atomic mass is 10.1. The summed E-state index contributed by atoms with van der Waals surface area (Å²) in [4.78, 5) is 12.8. The Morgan fingerprint density at radius 3 is 2.66 bits per heavy atom. The van der Waals surface area contributed by atoms with Crippen molar-refractivity contribution >= 4 is 39.3 Å². The molecule has 0 spiro atoms. The van der Waals surface area contributed by atoms with Crippen LogP contribution in [0, 0.1) is 0 Å². The van der Waals surface area contributed by atoms with E-state index in [4.69, 9.17) is 4.74 Å². The summed E-state index contributed by atoms with van der Waals surface area (Å²) in [6.45, 7) is 3.70. The zero-order chi connectivity index (χ0) is 21.3. The van der Waals surface area contributed by atoms with Gasteiger partial charge in [-0.05, 0) is 71.7 Å². The molecule has 1 heterocycles. The molecule has 0 saturated heterocycles. The van der Waals surface area contributed by atoms with Crippen LogP contribution < -0.4 is 9.75 Å². The molecule has 0 unspecified atom stereocenters. The summed E-state index contributed by atoms with van der Waals surface area (Å²) in [6, 6.07) is 7.58. The number of anilines is 1. The quantitative estimate of drug-likeness (QED) is 0.612. The second-order valence-electron chi connectivity index (χ2n) is 6.19.